The summed E-state index contributed by atoms with van der Waals surface area (Å²) in [4.78, 5) is 2.60. The van der Waals surface area contributed by atoms with E-state index in [0.29, 0.717) is 5.54 Å². The first-order valence-corrected chi connectivity index (χ1v) is 6.07. The molecule has 0 amide bonds. The standard InChI is InChI=1S/C12H26N2/c1-5-12(3,6-2)14(4)11-8-7-9-13-10-11/h11,13H,5-10H2,1-4H3. The van der Waals surface area contributed by atoms with Gasteiger partial charge in [-0.25, -0.2) is 0 Å². The van der Waals surface area contributed by atoms with Gasteiger partial charge in [0.1, 0.15) is 0 Å². The lowest BCUT2D eigenvalue weighted by atomic mass is 9.90. The third-order valence-corrected chi connectivity index (χ3v) is 4.19. The fraction of sp³-hybridized carbons (Fsp3) is 1.00. The van der Waals surface area contributed by atoms with Crippen LogP contribution in [0.25, 0.3) is 0 Å². The minimum atomic E-state index is 0.393. The average molecular weight is 198 g/mol. The fourth-order valence-electron chi connectivity index (χ4n) is 2.35. The largest absolute Gasteiger partial charge is 0.315 e. The van der Waals surface area contributed by atoms with Crippen LogP contribution in [-0.4, -0.2) is 36.6 Å². The molecule has 0 bridgehead atoms. The maximum absolute atomic E-state index is 3.49. The zero-order valence-electron chi connectivity index (χ0n) is 10.3. The Kier molecular flexibility index (Phi) is 4.39. The molecule has 1 aliphatic rings. The van der Waals surface area contributed by atoms with Crippen molar-refractivity contribution in [3.63, 3.8) is 0 Å². The van der Waals surface area contributed by atoms with Crippen molar-refractivity contribution in [1.82, 2.24) is 10.2 Å². The van der Waals surface area contributed by atoms with Gasteiger partial charge >= 0.3 is 0 Å². The van der Waals surface area contributed by atoms with Crippen LogP contribution in [0.5, 0.6) is 0 Å². The first-order chi connectivity index (χ1) is 6.64. The Morgan fingerprint density at radius 2 is 2.00 bits per heavy atom. The van der Waals surface area contributed by atoms with Gasteiger partial charge in [0.2, 0.25) is 0 Å². The molecule has 0 spiro atoms. The van der Waals surface area contributed by atoms with Crippen LogP contribution < -0.4 is 5.32 Å². The second kappa shape index (κ2) is 5.13. The SMILES string of the molecule is CCC(C)(CC)N(C)C1CCCNC1. The molecule has 1 unspecified atom stereocenters. The molecule has 1 aliphatic heterocycles. The molecule has 2 heteroatoms. The van der Waals surface area contributed by atoms with E-state index in [1.807, 2.05) is 0 Å². The number of likely N-dealkylation sites (N-methyl/N-ethyl adjacent to an activating group) is 1. The van der Waals surface area contributed by atoms with E-state index in [1.165, 1.54) is 38.8 Å². The van der Waals surface area contributed by atoms with Crippen LogP contribution in [-0.2, 0) is 0 Å². The summed E-state index contributed by atoms with van der Waals surface area (Å²) in [6.45, 7) is 9.37. The van der Waals surface area contributed by atoms with E-state index in [0.717, 1.165) is 6.04 Å². The second-order valence-corrected chi connectivity index (χ2v) is 4.82. The molecule has 0 radical (unpaired) electrons. The molecule has 0 aromatic rings. The molecular formula is C12H26N2. The maximum atomic E-state index is 3.49. The second-order valence-electron chi connectivity index (χ2n) is 4.82. The Hall–Kier alpha value is -0.0800. The van der Waals surface area contributed by atoms with Crippen LogP contribution in [0.2, 0.25) is 0 Å². The molecule has 14 heavy (non-hydrogen) atoms. The van der Waals surface area contributed by atoms with Gasteiger partial charge in [0.15, 0.2) is 0 Å². The van der Waals surface area contributed by atoms with Gasteiger partial charge in [-0.1, -0.05) is 13.8 Å². The van der Waals surface area contributed by atoms with Crippen molar-refractivity contribution in [2.24, 2.45) is 0 Å². The summed E-state index contributed by atoms with van der Waals surface area (Å²) in [6, 6.07) is 0.744. The molecule has 1 rings (SSSR count). The zero-order valence-corrected chi connectivity index (χ0v) is 10.3. The van der Waals surface area contributed by atoms with Gasteiger partial charge in [-0.15, -0.1) is 0 Å². The van der Waals surface area contributed by atoms with Crippen molar-refractivity contribution in [2.75, 3.05) is 20.1 Å². The van der Waals surface area contributed by atoms with Gasteiger partial charge in [0.25, 0.3) is 0 Å². The molecule has 1 heterocycles. The highest BCUT2D eigenvalue weighted by molar-refractivity contribution is 4.88. The molecule has 84 valence electrons. The molecule has 0 aliphatic carbocycles. The predicted octanol–water partition coefficient (Wildman–Crippen LogP) is 2.25. The van der Waals surface area contributed by atoms with E-state index in [4.69, 9.17) is 0 Å². The van der Waals surface area contributed by atoms with Crippen LogP contribution >= 0.6 is 0 Å². The summed E-state index contributed by atoms with van der Waals surface area (Å²) >= 11 is 0. The van der Waals surface area contributed by atoms with Gasteiger partial charge in [-0.2, -0.15) is 0 Å². The van der Waals surface area contributed by atoms with E-state index < -0.39 is 0 Å². The Balaban J connectivity index is 2.56. The minimum Gasteiger partial charge on any atom is -0.315 e. The monoisotopic (exact) mass is 198 g/mol. The highest BCUT2D eigenvalue weighted by Crippen LogP contribution is 2.25. The predicted molar refractivity (Wildman–Crippen MR) is 62.6 cm³/mol. The highest BCUT2D eigenvalue weighted by Gasteiger charge is 2.30. The third kappa shape index (κ3) is 2.48. The number of hydrogen-bond donors (Lipinski definition) is 1. The molecule has 1 fully saturated rings. The lowest BCUT2D eigenvalue weighted by molar-refractivity contribution is 0.0645. The van der Waals surface area contributed by atoms with Crippen molar-refractivity contribution < 1.29 is 0 Å². The van der Waals surface area contributed by atoms with Crippen LogP contribution in [0.4, 0.5) is 0 Å². The number of rotatable bonds is 4. The molecule has 0 saturated carbocycles. The zero-order chi connectivity index (χ0) is 10.6. The van der Waals surface area contributed by atoms with Crippen molar-refractivity contribution in [3.05, 3.63) is 0 Å². The quantitative estimate of drug-likeness (QED) is 0.745. The van der Waals surface area contributed by atoms with Crippen molar-refractivity contribution >= 4 is 0 Å². The van der Waals surface area contributed by atoms with Gasteiger partial charge in [0, 0.05) is 18.1 Å². The molecule has 1 atom stereocenters. The van der Waals surface area contributed by atoms with E-state index in [2.05, 4.69) is 38.0 Å². The summed E-state index contributed by atoms with van der Waals surface area (Å²) in [7, 11) is 2.30. The summed E-state index contributed by atoms with van der Waals surface area (Å²) in [6.07, 6.45) is 5.19. The molecule has 0 aromatic carbocycles. The normalized spacial score (nSPS) is 24.2. The van der Waals surface area contributed by atoms with Gasteiger partial charge < -0.3 is 5.32 Å². The molecule has 1 saturated heterocycles. The summed E-state index contributed by atoms with van der Waals surface area (Å²) in [5.41, 5.74) is 0.393. The Bertz CT molecular complexity index is 158. The van der Waals surface area contributed by atoms with Crippen LogP contribution in [0.3, 0.4) is 0 Å². The van der Waals surface area contributed by atoms with Crippen molar-refractivity contribution in [2.45, 2.75) is 58.0 Å². The topological polar surface area (TPSA) is 15.3 Å². The van der Waals surface area contributed by atoms with Crippen molar-refractivity contribution in [3.8, 4) is 0 Å². The molecule has 2 nitrogen and oxygen atoms in total. The lowest BCUT2D eigenvalue weighted by Gasteiger charge is -2.44. The van der Waals surface area contributed by atoms with Gasteiger partial charge in [-0.05, 0) is 46.2 Å². The molecule has 0 aromatic heterocycles. The smallest absolute Gasteiger partial charge is 0.0223 e. The van der Waals surface area contributed by atoms with E-state index in [-0.39, 0.29) is 0 Å². The highest BCUT2D eigenvalue weighted by atomic mass is 15.2. The number of nitrogens with zero attached hydrogens (tertiary/aromatic N) is 1. The fourth-order valence-corrected chi connectivity index (χ4v) is 2.35. The Morgan fingerprint density at radius 3 is 2.43 bits per heavy atom. The average Bonchev–Trinajstić information content (AvgIpc) is 2.28. The molecule has 1 N–H and O–H groups in total. The Labute approximate surface area is 89.1 Å². The summed E-state index contributed by atoms with van der Waals surface area (Å²) in [5, 5.41) is 3.49. The third-order valence-electron chi connectivity index (χ3n) is 4.19. The lowest BCUT2D eigenvalue weighted by Crippen LogP contribution is -2.53. The van der Waals surface area contributed by atoms with Crippen molar-refractivity contribution in [1.29, 1.82) is 0 Å². The summed E-state index contributed by atoms with van der Waals surface area (Å²) < 4.78 is 0. The molecular weight excluding hydrogens is 172 g/mol. The van der Waals surface area contributed by atoms with Crippen LogP contribution in [0, 0.1) is 0 Å². The minimum absolute atomic E-state index is 0.393. The van der Waals surface area contributed by atoms with E-state index >= 15 is 0 Å². The number of hydrogen-bond acceptors (Lipinski definition) is 2. The number of nitrogens with one attached hydrogen (secondary N) is 1. The van der Waals surface area contributed by atoms with Gasteiger partial charge in [-0.3, -0.25) is 4.90 Å². The van der Waals surface area contributed by atoms with Crippen LogP contribution in [0.1, 0.15) is 46.5 Å². The maximum Gasteiger partial charge on any atom is 0.0223 e. The van der Waals surface area contributed by atoms with Crippen LogP contribution in [0.15, 0.2) is 0 Å². The summed E-state index contributed by atoms with van der Waals surface area (Å²) in [5.74, 6) is 0. The van der Waals surface area contributed by atoms with E-state index in [1.54, 1.807) is 0 Å². The first kappa shape index (κ1) is 12.0. The van der Waals surface area contributed by atoms with Gasteiger partial charge in [0.05, 0.1) is 0 Å². The first-order valence-electron chi connectivity index (χ1n) is 6.07. The van der Waals surface area contributed by atoms with E-state index in [9.17, 15) is 0 Å². The number of piperidine rings is 1. The Morgan fingerprint density at radius 1 is 1.36 bits per heavy atom.